The summed E-state index contributed by atoms with van der Waals surface area (Å²) in [5.41, 5.74) is 3.73. The first-order chi connectivity index (χ1) is 21.0. The van der Waals surface area contributed by atoms with Gasteiger partial charge in [-0.1, -0.05) is 18.2 Å². The van der Waals surface area contributed by atoms with Crippen molar-refractivity contribution in [2.24, 2.45) is 0 Å². The van der Waals surface area contributed by atoms with Gasteiger partial charge in [0.25, 0.3) is 0 Å². The molecule has 0 radical (unpaired) electrons. The van der Waals surface area contributed by atoms with Gasteiger partial charge in [-0.15, -0.1) is 0 Å². The SMILES string of the molecule is O=S(=O)([O-])CCCN1/C(=C/C=C/c2[se]c3ccc4ccccc4c3[n+]2CS(=O)(=O)O)Oc2ccc(Cc3ccccc3)cc21. The zero-order valence-corrected chi connectivity index (χ0v) is 26.7. The van der Waals surface area contributed by atoms with Gasteiger partial charge in [0.2, 0.25) is 0 Å². The molecule has 5 aromatic rings. The predicted molar refractivity (Wildman–Crippen MR) is 170 cm³/mol. The summed E-state index contributed by atoms with van der Waals surface area (Å²) in [5, 5.41) is 1.87. The summed E-state index contributed by atoms with van der Waals surface area (Å²) < 4.78 is 77.3. The van der Waals surface area contributed by atoms with Gasteiger partial charge in [-0.3, -0.25) is 0 Å². The van der Waals surface area contributed by atoms with Crippen LogP contribution < -0.4 is 14.2 Å². The van der Waals surface area contributed by atoms with E-state index in [9.17, 15) is 25.9 Å². The number of anilines is 1. The average molecular weight is 696 g/mol. The second kappa shape index (κ2) is 12.3. The second-order valence-corrected chi connectivity index (χ2v) is 15.6. The summed E-state index contributed by atoms with van der Waals surface area (Å²) in [4.78, 5) is 1.85. The van der Waals surface area contributed by atoms with Crippen LogP contribution in [0.1, 0.15) is 22.1 Å². The van der Waals surface area contributed by atoms with Crippen LogP contribution in [0.5, 0.6) is 5.75 Å². The fourth-order valence-electron chi connectivity index (χ4n) is 5.34. The number of benzene rings is 4. The van der Waals surface area contributed by atoms with Crippen LogP contribution in [0.3, 0.4) is 0 Å². The van der Waals surface area contributed by atoms with Gasteiger partial charge in [-0.2, -0.15) is 0 Å². The molecule has 1 aliphatic rings. The van der Waals surface area contributed by atoms with E-state index in [0.29, 0.717) is 18.1 Å². The van der Waals surface area contributed by atoms with Crippen LogP contribution in [-0.2, 0) is 32.5 Å². The van der Waals surface area contributed by atoms with E-state index >= 15 is 0 Å². The molecule has 0 fully saturated rings. The third-order valence-corrected chi connectivity index (χ3v) is 10.9. The third kappa shape index (κ3) is 6.96. The number of ether oxygens (including phenoxy) is 1. The quantitative estimate of drug-likeness (QED) is 0.129. The maximum atomic E-state index is 12.0. The Morgan fingerprint density at radius 1 is 0.932 bits per heavy atom. The van der Waals surface area contributed by atoms with Crippen LogP contribution in [-0.4, -0.2) is 52.7 Å². The number of allylic oxidation sites excluding steroid dienone is 2. The maximum absolute atomic E-state index is 12.0. The van der Waals surface area contributed by atoms with Crippen molar-refractivity contribution in [1.29, 1.82) is 0 Å². The normalized spacial score (nSPS) is 14.6. The molecule has 0 saturated heterocycles. The van der Waals surface area contributed by atoms with Crippen molar-refractivity contribution in [2.75, 3.05) is 17.2 Å². The molecule has 0 saturated carbocycles. The Kier molecular flexibility index (Phi) is 8.47. The van der Waals surface area contributed by atoms with Crippen molar-refractivity contribution < 1.29 is 35.2 Å². The molecule has 4 aromatic carbocycles. The van der Waals surface area contributed by atoms with Crippen LogP contribution in [0.4, 0.5) is 5.69 Å². The molecule has 1 aliphatic heterocycles. The number of hydrogen-bond acceptors (Lipinski definition) is 7. The van der Waals surface area contributed by atoms with Gasteiger partial charge < -0.3 is 0 Å². The van der Waals surface area contributed by atoms with Gasteiger partial charge >= 0.3 is 244 Å². The molecule has 0 aliphatic carbocycles. The zero-order valence-electron chi connectivity index (χ0n) is 23.4. The fourth-order valence-corrected chi connectivity index (χ4v) is 8.89. The van der Waals surface area contributed by atoms with Crippen molar-refractivity contribution in [2.45, 2.75) is 18.7 Å². The summed E-state index contributed by atoms with van der Waals surface area (Å²) in [6, 6.07) is 27.6. The minimum absolute atomic E-state index is 0.115. The molecule has 12 heteroatoms. The molecule has 0 unspecified atom stereocenters. The first-order valence-corrected chi connectivity index (χ1v) is 18.7. The zero-order chi connectivity index (χ0) is 30.9. The summed E-state index contributed by atoms with van der Waals surface area (Å²) in [7, 11) is -8.71. The van der Waals surface area contributed by atoms with Crippen LogP contribution in [0.15, 0.2) is 103 Å². The van der Waals surface area contributed by atoms with E-state index in [0.717, 1.165) is 41.9 Å². The molecule has 44 heavy (non-hydrogen) atoms. The first-order valence-electron chi connectivity index (χ1n) is 13.8. The predicted octanol–water partition coefficient (Wildman–Crippen LogP) is 4.46. The van der Waals surface area contributed by atoms with Gasteiger partial charge in [0.05, 0.1) is 0 Å². The third-order valence-electron chi connectivity index (χ3n) is 7.21. The standard InChI is InChI=1S/C32H28N2O7S2Se/c35-42(36,37)19-7-18-33-27-21-24(20-23-8-2-1-3-9-23)14-16-28(27)41-30(33)12-6-13-31-34(22-43(38,39)40)32-26-11-5-4-10-25(26)15-17-29(32)44-31/h1-6,8-17,21H,7,18-20,22H2,(H-,35,36,37,38,39,40). The van der Waals surface area contributed by atoms with E-state index in [-0.39, 0.29) is 27.5 Å². The van der Waals surface area contributed by atoms with Crippen molar-refractivity contribution >= 4 is 67.1 Å². The summed E-state index contributed by atoms with van der Waals surface area (Å²) >= 11 is -0.229. The minimum atomic E-state index is -4.38. The number of aromatic nitrogens is 1. The van der Waals surface area contributed by atoms with Crippen LogP contribution in [0, 0.1) is 0 Å². The summed E-state index contributed by atoms with van der Waals surface area (Å²) in [6.45, 7) is 0.246. The molecule has 9 nitrogen and oxygen atoms in total. The van der Waals surface area contributed by atoms with Gasteiger partial charge in [0.1, 0.15) is 0 Å². The van der Waals surface area contributed by atoms with Crippen molar-refractivity contribution in [3.8, 4) is 5.75 Å². The monoisotopic (exact) mass is 696 g/mol. The van der Waals surface area contributed by atoms with Crippen LogP contribution >= 0.6 is 0 Å². The Morgan fingerprint density at radius 2 is 1.70 bits per heavy atom. The van der Waals surface area contributed by atoms with E-state index in [1.165, 1.54) is 0 Å². The molecule has 6 rings (SSSR count). The van der Waals surface area contributed by atoms with Gasteiger partial charge in [-0.25, -0.2) is 0 Å². The van der Waals surface area contributed by atoms with Crippen molar-refractivity contribution in [1.82, 2.24) is 0 Å². The van der Waals surface area contributed by atoms with E-state index in [2.05, 4.69) is 0 Å². The Hall–Kier alpha value is -3.77. The molecule has 2 heterocycles. The fraction of sp³-hybridized carbons (Fsp3) is 0.156. The molecule has 1 aromatic heterocycles. The van der Waals surface area contributed by atoms with Gasteiger partial charge in [-0.05, 0) is 0 Å². The first kappa shape index (κ1) is 30.3. The topological polar surface area (TPSA) is 128 Å². The Morgan fingerprint density at radius 3 is 2.48 bits per heavy atom. The summed E-state index contributed by atoms with van der Waals surface area (Å²) in [6.07, 6.45) is 6.11. The van der Waals surface area contributed by atoms with Gasteiger partial charge in [0.15, 0.2) is 0 Å². The van der Waals surface area contributed by atoms with E-state index in [1.54, 1.807) is 22.8 Å². The Balaban J connectivity index is 1.35. The molecular weight excluding hydrogens is 667 g/mol. The van der Waals surface area contributed by atoms with E-state index < -0.39 is 31.9 Å². The number of fused-ring (bicyclic) bond motifs is 4. The number of rotatable bonds is 10. The second-order valence-electron chi connectivity index (χ2n) is 10.4. The Labute approximate surface area is 261 Å². The number of hydrogen-bond donors (Lipinski definition) is 1. The Bertz CT molecular complexity index is 2140. The molecule has 226 valence electrons. The molecule has 0 amide bonds. The average Bonchev–Trinajstić information content (AvgIpc) is 3.49. The van der Waals surface area contributed by atoms with Gasteiger partial charge in [0, 0.05) is 0 Å². The molecule has 0 bridgehead atoms. The molecule has 0 atom stereocenters. The summed E-state index contributed by atoms with van der Waals surface area (Å²) in [5.74, 6) is -0.0144. The van der Waals surface area contributed by atoms with E-state index in [1.807, 2.05) is 89.8 Å². The molecule has 0 spiro atoms. The van der Waals surface area contributed by atoms with Crippen LogP contribution in [0.25, 0.3) is 26.6 Å². The van der Waals surface area contributed by atoms with Crippen molar-refractivity contribution in [3.05, 3.63) is 119 Å². The van der Waals surface area contributed by atoms with Crippen molar-refractivity contribution in [3.63, 3.8) is 0 Å². The number of nitrogens with zero attached hydrogens (tertiary/aromatic N) is 2. The van der Waals surface area contributed by atoms with Crippen LogP contribution in [0.2, 0.25) is 0 Å². The molecular formula is C32H28N2O7S2Se. The molecule has 1 N–H and O–H groups in total. The van der Waals surface area contributed by atoms with E-state index in [4.69, 9.17) is 4.74 Å².